The second-order valence-electron chi connectivity index (χ2n) is 6.40. The quantitative estimate of drug-likeness (QED) is 0.788. The van der Waals surface area contributed by atoms with Crippen LogP contribution in [0.5, 0.6) is 0 Å². The van der Waals surface area contributed by atoms with Crippen molar-refractivity contribution in [1.29, 1.82) is 0 Å². The Kier molecular flexibility index (Phi) is 5.03. The van der Waals surface area contributed by atoms with E-state index in [2.05, 4.69) is 15.2 Å². The molecular formula is C17H20N4O5S. The smallest absolute Gasteiger partial charge is 0.243 e. The van der Waals surface area contributed by atoms with Gasteiger partial charge in [0.2, 0.25) is 21.8 Å². The van der Waals surface area contributed by atoms with E-state index in [1.807, 2.05) is 0 Å². The van der Waals surface area contributed by atoms with Gasteiger partial charge in [-0.1, -0.05) is 5.16 Å². The molecule has 0 saturated carbocycles. The molecule has 2 N–H and O–H groups in total. The van der Waals surface area contributed by atoms with Crippen molar-refractivity contribution in [2.24, 2.45) is 0 Å². The highest BCUT2D eigenvalue weighted by molar-refractivity contribution is 7.89. The molecule has 1 atom stereocenters. The van der Waals surface area contributed by atoms with Crippen LogP contribution in [-0.4, -0.2) is 38.5 Å². The molecular weight excluding hydrogens is 372 g/mol. The summed E-state index contributed by atoms with van der Waals surface area (Å²) in [6, 6.07) is 5.06. The lowest BCUT2D eigenvalue weighted by Gasteiger charge is -2.26. The van der Waals surface area contributed by atoms with Crippen LogP contribution in [0.25, 0.3) is 0 Å². The van der Waals surface area contributed by atoms with Gasteiger partial charge >= 0.3 is 0 Å². The van der Waals surface area contributed by atoms with Gasteiger partial charge in [0.15, 0.2) is 5.82 Å². The highest BCUT2D eigenvalue weighted by Crippen LogP contribution is 2.29. The van der Waals surface area contributed by atoms with Crippen molar-refractivity contribution >= 4 is 33.3 Å². The zero-order valence-electron chi connectivity index (χ0n) is 15.1. The predicted octanol–water partition coefficient (Wildman–Crippen LogP) is 1.20. The second-order valence-corrected chi connectivity index (χ2v) is 8.11. The first kappa shape index (κ1) is 19.1. The van der Waals surface area contributed by atoms with Gasteiger partial charge in [0.1, 0.15) is 5.76 Å². The van der Waals surface area contributed by atoms with Crippen LogP contribution in [0.4, 0.5) is 11.5 Å². The molecule has 0 saturated heterocycles. The molecule has 0 fully saturated rings. The molecule has 1 unspecified atom stereocenters. The first-order chi connectivity index (χ1) is 12.7. The van der Waals surface area contributed by atoms with Gasteiger partial charge in [0.25, 0.3) is 0 Å². The highest BCUT2D eigenvalue weighted by atomic mass is 32.2. The maximum Gasteiger partial charge on any atom is 0.243 e. The summed E-state index contributed by atoms with van der Waals surface area (Å²) in [5, 5.41) is 6.12. The largest absolute Gasteiger partial charge is 0.360 e. The van der Waals surface area contributed by atoms with Crippen LogP contribution >= 0.6 is 0 Å². The lowest BCUT2D eigenvalue weighted by Crippen LogP contribution is -2.41. The van der Waals surface area contributed by atoms with E-state index in [1.165, 1.54) is 30.0 Å². The fraction of sp³-hybridized carbons (Fsp3) is 0.353. The van der Waals surface area contributed by atoms with E-state index in [1.54, 1.807) is 20.0 Å². The van der Waals surface area contributed by atoms with Gasteiger partial charge < -0.3 is 14.7 Å². The van der Waals surface area contributed by atoms with Crippen molar-refractivity contribution in [2.45, 2.75) is 37.6 Å². The number of carbonyl (C=O) groups is 2. The molecule has 1 aliphatic rings. The SMILES string of the molecule is Cc1cc(NC(=O)C(C)NS(=O)(=O)c2ccc3c(c2)CCC(=O)N3C)no1. The summed E-state index contributed by atoms with van der Waals surface area (Å²) in [5.41, 5.74) is 1.47. The minimum atomic E-state index is -3.91. The van der Waals surface area contributed by atoms with Crippen molar-refractivity contribution in [2.75, 3.05) is 17.3 Å². The van der Waals surface area contributed by atoms with E-state index in [-0.39, 0.29) is 16.6 Å². The number of anilines is 2. The molecule has 1 aliphatic heterocycles. The Bertz CT molecular complexity index is 999. The number of hydrogen-bond acceptors (Lipinski definition) is 6. The normalized spacial score (nSPS) is 15.4. The third-order valence-electron chi connectivity index (χ3n) is 4.31. The Morgan fingerprint density at radius 2 is 2.04 bits per heavy atom. The van der Waals surface area contributed by atoms with E-state index in [9.17, 15) is 18.0 Å². The minimum absolute atomic E-state index is 0.00961. The van der Waals surface area contributed by atoms with Crippen molar-refractivity contribution in [3.63, 3.8) is 0 Å². The number of aryl methyl sites for hydroxylation is 2. The topological polar surface area (TPSA) is 122 Å². The molecule has 144 valence electrons. The second kappa shape index (κ2) is 7.12. The zero-order valence-corrected chi connectivity index (χ0v) is 16.0. The van der Waals surface area contributed by atoms with E-state index in [0.717, 1.165) is 5.56 Å². The van der Waals surface area contributed by atoms with Gasteiger partial charge in [-0.2, -0.15) is 4.72 Å². The molecule has 2 aromatic rings. The van der Waals surface area contributed by atoms with Gasteiger partial charge in [-0.25, -0.2) is 8.42 Å². The molecule has 0 aliphatic carbocycles. The van der Waals surface area contributed by atoms with Crippen LogP contribution < -0.4 is 14.9 Å². The van der Waals surface area contributed by atoms with Gasteiger partial charge in [-0.05, 0) is 44.0 Å². The number of nitrogens with zero attached hydrogens (tertiary/aromatic N) is 2. The predicted molar refractivity (Wildman–Crippen MR) is 97.8 cm³/mol. The van der Waals surface area contributed by atoms with E-state index in [0.29, 0.717) is 24.3 Å². The molecule has 0 spiro atoms. The number of amides is 2. The van der Waals surface area contributed by atoms with Gasteiger partial charge in [0.05, 0.1) is 10.9 Å². The van der Waals surface area contributed by atoms with Crippen LogP contribution in [0.1, 0.15) is 24.7 Å². The zero-order chi connectivity index (χ0) is 19.8. The Hall–Kier alpha value is -2.72. The Morgan fingerprint density at radius 3 is 2.70 bits per heavy atom. The van der Waals surface area contributed by atoms with Gasteiger partial charge in [-0.3, -0.25) is 9.59 Å². The summed E-state index contributed by atoms with van der Waals surface area (Å²) in [5.74, 6) is 0.167. The standard InChI is InChI=1S/C17H20N4O5S/c1-10-8-15(19-26-10)18-17(23)11(2)20-27(24,25)13-5-6-14-12(9-13)4-7-16(22)21(14)3/h5-6,8-9,11,20H,4,7H2,1-3H3,(H,18,19,23). The molecule has 1 aromatic carbocycles. The van der Waals surface area contributed by atoms with Crippen LogP contribution in [0, 0.1) is 6.92 Å². The fourth-order valence-corrected chi connectivity index (χ4v) is 4.07. The van der Waals surface area contributed by atoms with Crippen molar-refractivity contribution in [3.05, 3.63) is 35.6 Å². The summed E-state index contributed by atoms with van der Waals surface area (Å²) in [6.07, 6.45) is 0.805. The molecule has 10 heteroatoms. The Labute approximate surface area is 156 Å². The number of rotatable bonds is 5. The lowest BCUT2D eigenvalue weighted by molar-refractivity contribution is -0.119. The average Bonchev–Trinajstić information content (AvgIpc) is 3.02. The molecule has 2 heterocycles. The third kappa shape index (κ3) is 4.01. The van der Waals surface area contributed by atoms with Crippen molar-refractivity contribution in [3.8, 4) is 0 Å². The molecule has 0 bridgehead atoms. The van der Waals surface area contributed by atoms with Crippen LogP contribution in [-0.2, 0) is 26.0 Å². The Balaban J connectivity index is 1.74. The monoisotopic (exact) mass is 392 g/mol. The Morgan fingerprint density at radius 1 is 1.30 bits per heavy atom. The minimum Gasteiger partial charge on any atom is -0.360 e. The fourth-order valence-electron chi connectivity index (χ4n) is 2.81. The van der Waals surface area contributed by atoms with E-state index < -0.39 is 22.0 Å². The number of aromatic nitrogens is 1. The highest BCUT2D eigenvalue weighted by Gasteiger charge is 2.26. The summed E-state index contributed by atoms with van der Waals surface area (Å²) < 4.78 is 32.5. The number of fused-ring (bicyclic) bond motifs is 1. The maximum absolute atomic E-state index is 12.6. The summed E-state index contributed by atoms with van der Waals surface area (Å²) >= 11 is 0. The number of carbonyl (C=O) groups excluding carboxylic acids is 2. The average molecular weight is 392 g/mol. The van der Waals surface area contributed by atoms with Crippen molar-refractivity contribution in [1.82, 2.24) is 9.88 Å². The molecule has 0 radical (unpaired) electrons. The molecule has 3 rings (SSSR count). The molecule has 1 aromatic heterocycles. The molecule has 9 nitrogen and oxygen atoms in total. The first-order valence-electron chi connectivity index (χ1n) is 8.33. The summed E-state index contributed by atoms with van der Waals surface area (Å²) in [4.78, 5) is 25.5. The van der Waals surface area contributed by atoms with Crippen LogP contribution in [0.15, 0.2) is 33.7 Å². The van der Waals surface area contributed by atoms with Gasteiger partial charge in [-0.15, -0.1) is 0 Å². The molecule has 2 amide bonds. The van der Waals surface area contributed by atoms with Crippen molar-refractivity contribution < 1.29 is 22.5 Å². The first-order valence-corrected chi connectivity index (χ1v) is 9.81. The van der Waals surface area contributed by atoms with Crippen LogP contribution in [0.2, 0.25) is 0 Å². The third-order valence-corrected chi connectivity index (χ3v) is 5.85. The van der Waals surface area contributed by atoms with Crippen LogP contribution in [0.3, 0.4) is 0 Å². The number of hydrogen-bond donors (Lipinski definition) is 2. The maximum atomic E-state index is 12.6. The number of nitrogens with one attached hydrogen (secondary N) is 2. The van der Waals surface area contributed by atoms with E-state index >= 15 is 0 Å². The summed E-state index contributed by atoms with van der Waals surface area (Å²) in [6.45, 7) is 3.11. The number of sulfonamides is 1. The van der Waals surface area contributed by atoms with E-state index in [4.69, 9.17) is 4.52 Å². The summed E-state index contributed by atoms with van der Waals surface area (Å²) in [7, 11) is -2.26. The lowest BCUT2D eigenvalue weighted by atomic mass is 10.0. The number of benzene rings is 1. The molecule has 27 heavy (non-hydrogen) atoms. The van der Waals surface area contributed by atoms with Gasteiger partial charge in [0, 0.05) is 25.2 Å².